The van der Waals surface area contributed by atoms with E-state index in [-0.39, 0.29) is 0 Å². The van der Waals surface area contributed by atoms with Gasteiger partial charge in [0.25, 0.3) is 0 Å². The Morgan fingerprint density at radius 2 is 2.50 bits per heavy atom. The van der Waals surface area contributed by atoms with Gasteiger partial charge in [-0.1, -0.05) is 0 Å². The van der Waals surface area contributed by atoms with Crippen LogP contribution < -0.4 is 0 Å². The van der Waals surface area contributed by atoms with Crippen LogP contribution in [0.3, 0.4) is 0 Å². The summed E-state index contributed by atoms with van der Waals surface area (Å²) in [7, 11) is 0. The van der Waals surface area contributed by atoms with Crippen molar-refractivity contribution in [2.45, 2.75) is 0 Å². The van der Waals surface area contributed by atoms with Crippen LogP contribution >= 0.6 is 0 Å². The largest absolute Gasteiger partial charge is 0.125 e. The summed E-state index contributed by atoms with van der Waals surface area (Å²) >= 11 is 0. The van der Waals surface area contributed by atoms with Gasteiger partial charge in [-0.15, -0.1) is 12.8 Å². The van der Waals surface area contributed by atoms with Crippen molar-refractivity contribution < 1.29 is 1.37 Å². The Morgan fingerprint density at radius 3 is 2.50 bits per heavy atom. The Hall–Kier alpha value is -0.880. The zero-order valence-corrected chi connectivity index (χ0v) is 2.08. The average Bonchev–Trinajstić information content (AvgIpc) is 1.41. The van der Waals surface area contributed by atoms with E-state index < -0.39 is 0 Å². The van der Waals surface area contributed by atoms with Gasteiger partial charge in [0.1, 0.15) is 1.37 Å². The van der Waals surface area contributed by atoms with Crippen molar-refractivity contribution in [1.29, 1.82) is 0 Å². The predicted molar refractivity (Wildman–Crippen MR) is 17.7 cm³/mol. The number of rotatable bonds is 0. The predicted octanol–water partition coefficient (Wildman–Crippen LogP) is 0.253. The topological polar surface area (TPSA) is 0 Å². The van der Waals surface area contributed by atoms with Crippen LogP contribution in [0.25, 0.3) is 0 Å². The second-order valence-electron chi connectivity index (χ2n) is 0.269. The molecule has 0 aliphatic carbocycles. The van der Waals surface area contributed by atoms with Crippen LogP contribution in [0.2, 0.25) is 0 Å². The third kappa shape index (κ3) is 1.12. The lowest BCUT2D eigenvalue weighted by Gasteiger charge is -1.30. The van der Waals surface area contributed by atoms with Gasteiger partial charge in [-0.05, 0) is 11.8 Å². The summed E-state index contributed by atoms with van der Waals surface area (Å²) in [5, 5.41) is 0. The molecule has 0 aromatic carbocycles. The van der Waals surface area contributed by atoms with Crippen molar-refractivity contribution in [3.63, 3.8) is 0 Å². The second kappa shape index (κ2) is 2.12. The van der Waals surface area contributed by atoms with Gasteiger partial charge in [0, 0.05) is 0 Å². The standard InChI is InChI=1S/C4H2/c1-3-4-2/h1-2H/i1D. The van der Waals surface area contributed by atoms with E-state index >= 15 is 0 Å². The van der Waals surface area contributed by atoms with Crippen LogP contribution in [0.4, 0.5) is 0 Å². The van der Waals surface area contributed by atoms with E-state index in [1.807, 2.05) is 5.92 Å². The molecule has 0 radical (unpaired) electrons. The molecule has 0 saturated carbocycles. The summed E-state index contributed by atoms with van der Waals surface area (Å²) in [5.74, 6) is 4.02. The molecule has 0 aliphatic rings. The van der Waals surface area contributed by atoms with Crippen molar-refractivity contribution in [1.82, 2.24) is 0 Å². The molecule has 0 saturated heterocycles. The molecule has 0 rings (SSSR count). The SMILES string of the molecule is [2H]C#CC#C. The van der Waals surface area contributed by atoms with E-state index in [1.54, 1.807) is 6.40 Å². The van der Waals surface area contributed by atoms with E-state index in [1.165, 1.54) is 0 Å². The molecule has 4 heavy (non-hydrogen) atoms. The van der Waals surface area contributed by atoms with E-state index in [4.69, 9.17) is 1.37 Å². The summed E-state index contributed by atoms with van der Waals surface area (Å²) < 4.78 is 6.10. The zero-order chi connectivity index (χ0) is 4.12. The molecule has 0 heteroatoms. The molecule has 0 bridgehead atoms. The Bertz CT molecular complexity index is 97.0. The van der Waals surface area contributed by atoms with Crippen molar-refractivity contribution in [3.05, 3.63) is 0 Å². The monoisotopic (exact) mass is 51.0 g/mol. The lowest BCUT2D eigenvalue weighted by atomic mass is 10.7. The van der Waals surface area contributed by atoms with Gasteiger partial charge < -0.3 is 0 Å². The van der Waals surface area contributed by atoms with Gasteiger partial charge in [0.2, 0.25) is 0 Å². The summed E-state index contributed by atoms with van der Waals surface area (Å²) in [5.41, 5.74) is 0. The lowest BCUT2D eigenvalue weighted by Crippen LogP contribution is -1.26. The highest BCUT2D eigenvalue weighted by atomic mass is 13.3. The maximum atomic E-state index is 6.10. The molecule has 0 heterocycles. The highest BCUT2D eigenvalue weighted by Crippen LogP contribution is 1.27. The van der Waals surface area contributed by atoms with Crippen molar-refractivity contribution in [3.8, 4) is 24.7 Å². The molecule has 0 aromatic rings. The van der Waals surface area contributed by atoms with Gasteiger partial charge in [-0.2, -0.15) is 0 Å². The highest BCUT2D eigenvalue weighted by molar-refractivity contribution is 5.15. The van der Waals surface area contributed by atoms with Crippen LogP contribution in [-0.2, 0) is 0 Å². The molecule has 18 valence electrons. The molecule has 0 fully saturated rings. The molecule has 0 aromatic heterocycles. The van der Waals surface area contributed by atoms with E-state index in [0.717, 1.165) is 0 Å². The van der Waals surface area contributed by atoms with Crippen LogP contribution in [0, 0.1) is 24.7 Å². The second-order valence-corrected chi connectivity index (χ2v) is 0.269. The number of terminal acetylenes is 2. The molecule has 0 amide bonds. The first-order valence-electron chi connectivity index (χ1n) is 1.29. The fourth-order valence-corrected chi connectivity index (χ4v) is 0. The maximum absolute atomic E-state index is 6.10. The first-order valence-corrected chi connectivity index (χ1v) is 0.789. The summed E-state index contributed by atoms with van der Waals surface area (Å²) in [4.78, 5) is 0. The highest BCUT2D eigenvalue weighted by Gasteiger charge is 1.23. The molecular weight excluding hydrogens is 48.0 g/mol. The third-order valence-electron chi connectivity index (χ3n) is 0.0722. The first kappa shape index (κ1) is 1.44. The molecule has 0 aliphatic heterocycles. The summed E-state index contributed by atoms with van der Waals surface area (Å²) in [6.45, 7) is 0. The fraction of sp³-hybridized carbons (Fsp3) is 0. The first-order chi connectivity index (χ1) is 2.41. The van der Waals surface area contributed by atoms with Crippen LogP contribution in [-0.4, -0.2) is 0 Å². The minimum Gasteiger partial charge on any atom is -0.106 e. The maximum Gasteiger partial charge on any atom is 0.125 e. The quantitative estimate of drug-likeness (QED) is 0.346. The summed E-state index contributed by atoms with van der Waals surface area (Å²) in [6.07, 6.45) is 6.38. The third-order valence-corrected chi connectivity index (χ3v) is 0.0722. The molecule has 0 unspecified atom stereocenters. The smallest absolute Gasteiger partial charge is 0.106 e. The van der Waals surface area contributed by atoms with Gasteiger partial charge in [0.15, 0.2) is 0 Å². The van der Waals surface area contributed by atoms with Crippen molar-refractivity contribution in [2.75, 3.05) is 0 Å². The van der Waals surface area contributed by atoms with Gasteiger partial charge in [0.05, 0.1) is 0 Å². The van der Waals surface area contributed by atoms with E-state index in [0.29, 0.717) is 0 Å². The molecule has 0 nitrogen and oxygen atoms in total. The Labute approximate surface area is 27.2 Å². The van der Waals surface area contributed by atoms with Crippen molar-refractivity contribution >= 4 is 0 Å². The molecular formula is C4H2. The number of hydrogen-bond donors (Lipinski definition) is 0. The van der Waals surface area contributed by atoms with Gasteiger partial charge >= 0.3 is 0 Å². The average molecular weight is 51.1 g/mol. The van der Waals surface area contributed by atoms with Crippen molar-refractivity contribution in [2.24, 2.45) is 0 Å². The minimum atomic E-state index is 1.78. The normalized spacial score (nSPS) is 4.25. The fourth-order valence-electron chi connectivity index (χ4n) is 0. The molecule has 0 spiro atoms. The molecule has 0 atom stereocenters. The summed E-state index contributed by atoms with van der Waals surface area (Å²) in [6, 6.07) is 0. The number of hydrogen-bond acceptors (Lipinski definition) is 0. The Morgan fingerprint density at radius 1 is 1.75 bits per heavy atom. The van der Waals surface area contributed by atoms with Crippen LogP contribution in [0.15, 0.2) is 0 Å². The Balaban J connectivity index is 3.30. The minimum absolute atomic E-state index is 1.78. The lowest BCUT2D eigenvalue weighted by molar-refractivity contribution is 2.62. The van der Waals surface area contributed by atoms with Crippen LogP contribution in [0.1, 0.15) is 1.37 Å². The van der Waals surface area contributed by atoms with Gasteiger partial charge in [-0.3, -0.25) is 0 Å². The van der Waals surface area contributed by atoms with Gasteiger partial charge in [-0.25, -0.2) is 0 Å². The Kier molecular flexibility index (Phi) is 0.763. The van der Waals surface area contributed by atoms with E-state index in [2.05, 4.69) is 12.3 Å². The van der Waals surface area contributed by atoms with E-state index in [9.17, 15) is 0 Å². The van der Waals surface area contributed by atoms with Crippen LogP contribution in [0.5, 0.6) is 0 Å². The molecule has 0 N–H and O–H groups in total. The zero-order valence-electron chi connectivity index (χ0n) is 3.08.